The number of aryl methyl sites for hydroxylation is 1. The quantitative estimate of drug-likeness (QED) is 0.533. The summed E-state index contributed by atoms with van der Waals surface area (Å²) < 4.78 is 5.40. The van der Waals surface area contributed by atoms with Crippen molar-refractivity contribution in [3.05, 3.63) is 78.4 Å². The minimum atomic E-state index is 0.523. The highest BCUT2D eigenvalue weighted by molar-refractivity contribution is 7.99. The van der Waals surface area contributed by atoms with Gasteiger partial charge in [0.1, 0.15) is 5.75 Å². The summed E-state index contributed by atoms with van der Waals surface area (Å²) in [7, 11) is 1.65. The molecule has 0 atom stereocenters. The highest BCUT2D eigenvalue weighted by Crippen LogP contribution is 2.33. The molecule has 132 valence electrons. The zero-order valence-electron chi connectivity index (χ0n) is 14.7. The Morgan fingerprint density at radius 3 is 2.35 bits per heavy atom. The summed E-state index contributed by atoms with van der Waals surface area (Å²) in [6, 6.07) is 24.3. The van der Waals surface area contributed by atoms with E-state index in [-0.39, 0.29) is 0 Å². The zero-order valence-corrected chi connectivity index (χ0v) is 16.3. The highest BCUT2D eigenvalue weighted by Gasteiger charge is 2.08. The van der Waals surface area contributed by atoms with Crippen molar-refractivity contribution >= 4 is 40.5 Å². The van der Waals surface area contributed by atoms with Gasteiger partial charge in [0.2, 0.25) is 0 Å². The van der Waals surface area contributed by atoms with Crippen molar-refractivity contribution in [3.8, 4) is 5.75 Å². The number of hydrogen-bond acceptors (Lipinski definition) is 3. The first kappa shape index (κ1) is 18.3. The van der Waals surface area contributed by atoms with Gasteiger partial charge >= 0.3 is 0 Å². The zero-order chi connectivity index (χ0) is 18.4. The number of nitrogens with one attached hydrogen (secondary N) is 2. The fourth-order valence-corrected chi connectivity index (χ4v) is 3.61. The lowest BCUT2D eigenvalue weighted by molar-refractivity contribution is 0.417. The summed E-state index contributed by atoms with van der Waals surface area (Å²) in [6.45, 7) is 2.03. The number of rotatable bonds is 5. The van der Waals surface area contributed by atoms with E-state index in [9.17, 15) is 0 Å². The van der Waals surface area contributed by atoms with Crippen LogP contribution in [0.15, 0.2) is 82.6 Å². The van der Waals surface area contributed by atoms with Crippen molar-refractivity contribution in [1.29, 1.82) is 0 Å². The number of para-hydroxylation sites is 1. The second kappa shape index (κ2) is 8.74. The SMILES string of the molecule is COc1ccc(C)cc1NC(=S)Nc1ccccc1Sc1ccccc1. The van der Waals surface area contributed by atoms with E-state index in [2.05, 4.69) is 28.8 Å². The molecule has 3 aromatic rings. The van der Waals surface area contributed by atoms with Gasteiger partial charge in [-0.1, -0.05) is 48.2 Å². The number of benzene rings is 3. The topological polar surface area (TPSA) is 33.3 Å². The van der Waals surface area contributed by atoms with Crippen molar-refractivity contribution in [2.75, 3.05) is 17.7 Å². The number of methoxy groups -OCH3 is 1. The number of thiocarbonyl (C=S) groups is 1. The van der Waals surface area contributed by atoms with Crippen LogP contribution >= 0.6 is 24.0 Å². The lowest BCUT2D eigenvalue weighted by Crippen LogP contribution is -2.20. The van der Waals surface area contributed by atoms with Gasteiger partial charge < -0.3 is 15.4 Å². The molecule has 0 aromatic heterocycles. The van der Waals surface area contributed by atoms with Crippen LogP contribution in [0, 0.1) is 6.92 Å². The van der Waals surface area contributed by atoms with Crippen LogP contribution in [0.1, 0.15) is 5.56 Å². The third-order valence-corrected chi connectivity index (χ3v) is 5.00. The average Bonchev–Trinajstić information content (AvgIpc) is 2.64. The van der Waals surface area contributed by atoms with Crippen molar-refractivity contribution in [2.24, 2.45) is 0 Å². The monoisotopic (exact) mass is 380 g/mol. The predicted octanol–water partition coefficient (Wildman–Crippen LogP) is 5.96. The Labute approximate surface area is 163 Å². The van der Waals surface area contributed by atoms with E-state index in [0.717, 1.165) is 27.6 Å². The van der Waals surface area contributed by atoms with Crippen LogP contribution in [0.4, 0.5) is 11.4 Å². The average molecular weight is 381 g/mol. The molecular formula is C21H20N2OS2. The normalized spacial score (nSPS) is 10.2. The molecule has 26 heavy (non-hydrogen) atoms. The first-order chi connectivity index (χ1) is 12.7. The van der Waals surface area contributed by atoms with Gasteiger partial charge in [-0.05, 0) is 61.1 Å². The molecule has 0 radical (unpaired) electrons. The summed E-state index contributed by atoms with van der Waals surface area (Å²) in [5.74, 6) is 0.756. The summed E-state index contributed by atoms with van der Waals surface area (Å²) in [4.78, 5) is 2.29. The van der Waals surface area contributed by atoms with Crippen molar-refractivity contribution in [1.82, 2.24) is 0 Å². The van der Waals surface area contributed by atoms with Crippen LogP contribution < -0.4 is 15.4 Å². The van der Waals surface area contributed by atoms with E-state index in [4.69, 9.17) is 17.0 Å². The Bertz CT molecular complexity index is 898. The van der Waals surface area contributed by atoms with E-state index >= 15 is 0 Å². The van der Waals surface area contributed by atoms with E-state index < -0.39 is 0 Å². The van der Waals surface area contributed by atoms with Gasteiger partial charge in [-0.25, -0.2) is 0 Å². The summed E-state index contributed by atoms with van der Waals surface area (Å²) >= 11 is 7.20. The number of ether oxygens (including phenoxy) is 1. The molecule has 5 heteroatoms. The predicted molar refractivity (Wildman–Crippen MR) is 115 cm³/mol. The maximum absolute atomic E-state index is 5.51. The van der Waals surface area contributed by atoms with Gasteiger partial charge in [0.05, 0.1) is 18.5 Å². The fraction of sp³-hybridized carbons (Fsp3) is 0.0952. The molecule has 0 aliphatic heterocycles. The smallest absolute Gasteiger partial charge is 0.175 e. The van der Waals surface area contributed by atoms with Crippen molar-refractivity contribution in [2.45, 2.75) is 16.7 Å². The summed E-state index contributed by atoms with van der Waals surface area (Å²) in [5.41, 5.74) is 2.94. The Hall–Kier alpha value is -2.50. The van der Waals surface area contributed by atoms with Gasteiger partial charge in [0, 0.05) is 9.79 Å². The van der Waals surface area contributed by atoms with Gasteiger partial charge in [-0.2, -0.15) is 0 Å². The molecule has 0 heterocycles. The van der Waals surface area contributed by atoms with Crippen LogP contribution in [-0.4, -0.2) is 12.2 Å². The van der Waals surface area contributed by atoms with E-state index in [1.54, 1.807) is 18.9 Å². The Morgan fingerprint density at radius 1 is 0.885 bits per heavy atom. The summed E-state index contributed by atoms with van der Waals surface area (Å²) in [6.07, 6.45) is 0. The molecule has 0 spiro atoms. The van der Waals surface area contributed by atoms with Crippen LogP contribution in [0.5, 0.6) is 5.75 Å². The second-order valence-corrected chi connectivity index (χ2v) is 7.22. The van der Waals surface area contributed by atoms with Gasteiger partial charge in [0.15, 0.2) is 5.11 Å². The minimum Gasteiger partial charge on any atom is -0.495 e. The molecule has 0 unspecified atom stereocenters. The van der Waals surface area contributed by atoms with E-state index in [1.165, 1.54) is 4.90 Å². The molecule has 0 saturated heterocycles. The van der Waals surface area contributed by atoms with E-state index in [0.29, 0.717) is 5.11 Å². The molecule has 3 rings (SSSR count). The summed E-state index contributed by atoms with van der Waals surface area (Å²) in [5, 5.41) is 7.05. The highest BCUT2D eigenvalue weighted by atomic mass is 32.2. The molecule has 3 nitrogen and oxygen atoms in total. The maximum Gasteiger partial charge on any atom is 0.175 e. The van der Waals surface area contributed by atoms with Crippen LogP contribution in [0.2, 0.25) is 0 Å². The van der Waals surface area contributed by atoms with Crippen molar-refractivity contribution < 1.29 is 4.74 Å². The molecule has 0 saturated carbocycles. The number of anilines is 2. The van der Waals surface area contributed by atoms with Gasteiger partial charge in [-0.15, -0.1) is 0 Å². The van der Waals surface area contributed by atoms with Crippen LogP contribution in [-0.2, 0) is 0 Å². The maximum atomic E-state index is 5.51. The lowest BCUT2D eigenvalue weighted by Gasteiger charge is -2.16. The first-order valence-electron chi connectivity index (χ1n) is 8.20. The molecule has 0 aliphatic rings. The molecule has 0 aliphatic carbocycles. The minimum absolute atomic E-state index is 0.523. The Balaban J connectivity index is 1.75. The Kier molecular flexibility index (Phi) is 6.15. The van der Waals surface area contributed by atoms with Gasteiger partial charge in [-0.3, -0.25) is 0 Å². The Morgan fingerprint density at radius 2 is 1.58 bits per heavy atom. The van der Waals surface area contributed by atoms with Crippen LogP contribution in [0.3, 0.4) is 0 Å². The molecule has 3 aromatic carbocycles. The third kappa shape index (κ3) is 4.77. The van der Waals surface area contributed by atoms with Crippen molar-refractivity contribution in [3.63, 3.8) is 0 Å². The standard InChI is InChI=1S/C21H20N2OS2/c1-15-12-13-19(24-2)18(14-15)23-21(25)22-17-10-6-7-11-20(17)26-16-8-4-3-5-9-16/h3-14H,1-2H3,(H2,22,23,25). The lowest BCUT2D eigenvalue weighted by atomic mass is 10.2. The molecular weight excluding hydrogens is 360 g/mol. The fourth-order valence-electron chi connectivity index (χ4n) is 2.47. The van der Waals surface area contributed by atoms with E-state index in [1.807, 2.05) is 61.5 Å². The van der Waals surface area contributed by atoms with Crippen LogP contribution in [0.25, 0.3) is 0 Å². The largest absolute Gasteiger partial charge is 0.495 e. The van der Waals surface area contributed by atoms with Gasteiger partial charge in [0.25, 0.3) is 0 Å². The number of hydrogen-bond donors (Lipinski definition) is 2. The molecule has 2 N–H and O–H groups in total. The first-order valence-corrected chi connectivity index (χ1v) is 9.43. The molecule has 0 bridgehead atoms. The third-order valence-electron chi connectivity index (χ3n) is 3.71. The molecule has 0 amide bonds. The second-order valence-electron chi connectivity index (χ2n) is 5.69. The molecule has 0 fully saturated rings.